The first-order valence-corrected chi connectivity index (χ1v) is 19.3. The number of hydrogen-bond donors (Lipinski definition) is 0. The quantitative estimate of drug-likeness (QED) is 0.102. The van der Waals surface area contributed by atoms with Gasteiger partial charge in [-0.25, -0.2) is 19.6 Å². The van der Waals surface area contributed by atoms with Gasteiger partial charge in [0, 0.05) is 18.1 Å². The molecule has 2 aliphatic rings. The molecule has 1 aromatic rings. The molecule has 0 heterocycles. The van der Waals surface area contributed by atoms with Crippen LogP contribution in [0.4, 0.5) is 0 Å². The van der Waals surface area contributed by atoms with Crippen LogP contribution in [0.1, 0.15) is 108 Å². The minimum absolute atomic E-state index is 0.0358. The van der Waals surface area contributed by atoms with E-state index in [1.54, 1.807) is 0 Å². The fraction of sp³-hybridized carbons (Fsp3) is 0.676. The summed E-state index contributed by atoms with van der Waals surface area (Å²) in [7, 11) is -0.959. The van der Waals surface area contributed by atoms with Crippen molar-refractivity contribution in [3.63, 3.8) is 0 Å². The summed E-state index contributed by atoms with van der Waals surface area (Å²) in [6.07, 6.45) is 26.1. The number of esters is 2. The summed E-state index contributed by atoms with van der Waals surface area (Å²) in [6.45, 7) is 9.67. The maximum absolute atomic E-state index is 11.5. The molecule has 0 amide bonds. The van der Waals surface area contributed by atoms with Crippen molar-refractivity contribution >= 4 is 22.0 Å². The zero-order valence-corrected chi connectivity index (χ0v) is 27.6. The molecule has 3 rings (SSSR count). The number of rotatable bonds is 17. The third-order valence-corrected chi connectivity index (χ3v) is 12.9. The fourth-order valence-electron chi connectivity index (χ4n) is 7.25. The lowest BCUT2D eigenvalue weighted by atomic mass is 9.68. The molecular weight excluding hydrogens is 540 g/mol. The molecule has 0 saturated heterocycles. The van der Waals surface area contributed by atoms with Crippen LogP contribution in [0.2, 0.25) is 0 Å². The van der Waals surface area contributed by atoms with Crippen molar-refractivity contribution in [3.05, 3.63) is 55.1 Å². The molecule has 236 valence electrons. The van der Waals surface area contributed by atoms with E-state index in [-0.39, 0.29) is 19.1 Å². The summed E-state index contributed by atoms with van der Waals surface area (Å²) in [4.78, 5) is 24.5. The van der Waals surface area contributed by atoms with Crippen LogP contribution in [0, 0.1) is 23.7 Å². The van der Waals surface area contributed by atoms with E-state index in [4.69, 9.17) is 9.47 Å². The molecule has 0 aliphatic heterocycles. The van der Waals surface area contributed by atoms with E-state index in [0.717, 1.165) is 54.4 Å². The first-order valence-electron chi connectivity index (χ1n) is 16.6. The number of carbonyl (C=O) groups is 2. The first kappa shape index (κ1) is 34.5. The van der Waals surface area contributed by atoms with Gasteiger partial charge < -0.3 is 9.47 Å². The van der Waals surface area contributed by atoms with E-state index in [9.17, 15) is 9.59 Å². The van der Waals surface area contributed by atoms with Crippen LogP contribution in [0.5, 0.6) is 0 Å². The van der Waals surface area contributed by atoms with Gasteiger partial charge in [-0.3, -0.25) is 0 Å². The van der Waals surface area contributed by atoms with Gasteiger partial charge in [0.2, 0.25) is 0 Å². The maximum atomic E-state index is 11.5. The van der Waals surface area contributed by atoms with E-state index in [1.165, 1.54) is 87.5 Å². The lowest BCUT2D eigenvalue weighted by Crippen LogP contribution is -2.25. The third-order valence-electron chi connectivity index (χ3n) is 10.1. The topological polar surface area (TPSA) is 52.6 Å². The summed E-state index contributed by atoms with van der Waals surface area (Å²) in [5.74, 6) is 3.83. The summed E-state index contributed by atoms with van der Waals surface area (Å²) in [6, 6.07) is 9.57. The molecule has 5 heteroatoms. The van der Waals surface area contributed by atoms with Gasteiger partial charge >= 0.3 is 11.9 Å². The minimum Gasteiger partial charge on any atom is -0.462 e. The first-order chi connectivity index (χ1) is 20.2. The molecule has 0 N–H and O–H groups in total. The smallest absolute Gasteiger partial charge is 0.330 e. The Balaban J connectivity index is 1.43. The van der Waals surface area contributed by atoms with Gasteiger partial charge in [0.05, 0.1) is 13.2 Å². The van der Waals surface area contributed by atoms with E-state index < -0.39 is 22.0 Å². The molecule has 1 aromatic carbocycles. The molecule has 0 aromatic heterocycles. The number of hydrogen-bond acceptors (Lipinski definition) is 4. The highest BCUT2D eigenvalue weighted by atomic mass is 32.3. The molecule has 0 spiro atoms. The van der Waals surface area contributed by atoms with Crippen LogP contribution in [0.25, 0.3) is 0 Å². The second kappa shape index (κ2) is 18.0. The number of benzene rings is 1. The number of carbonyl (C=O) groups excluding carboxylic acids is 2. The fourth-order valence-corrected chi connectivity index (χ4v) is 9.24. The van der Waals surface area contributed by atoms with Gasteiger partial charge in [0.1, 0.15) is 0 Å². The van der Waals surface area contributed by atoms with Gasteiger partial charge in [0.15, 0.2) is 0 Å². The summed E-state index contributed by atoms with van der Waals surface area (Å²) >= 11 is 0. The van der Waals surface area contributed by atoms with Crippen molar-refractivity contribution < 1.29 is 19.1 Å². The largest absolute Gasteiger partial charge is 0.462 e. The van der Waals surface area contributed by atoms with Crippen molar-refractivity contribution in [2.24, 2.45) is 23.7 Å². The Morgan fingerprint density at radius 1 is 0.833 bits per heavy atom. The highest BCUT2D eigenvalue weighted by Crippen LogP contribution is 2.51. The minimum atomic E-state index is -0.959. The van der Waals surface area contributed by atoms with Crippen molar-refractivity contribution in [1.29, 1.82) is 0 Å². The third kappa shape index (κ3) is 11.2. The zero-order valence-electron chi connectivity index (χ0n) is 26.8. The van der Waals surface area contributed by atoms with Crippen LogP contribution < -0.4 is 0 Å². The average Bonchev–Trinajstić information content (AvgIpc) is 3.02. The second-order valence-electron chi connectivity index (χ2n) is 13.4. The lowest BCUT2D eigenvalue weighted by Gasteiger charge is -2.38. The molecule has 0 radical (unpaired) electrons. The van der Waals surface area contributed by atoms with Gasteiger partial charge in [-0.05, 0) is 116 Å². The molecule has 2 fully saturated rings. The van der Waals surface area contributed by atoms with E-state index in [1.807, 2.05) is 0 Å². The van der Waals surface area contributed by atoms with Crippen molar-refractivity contribution in [2.45, 2.75) is 108 Å². The van der Waals surface area contributed by atoms with Crippen LogP contribution in [-0.2, 0) is 19.1 Å². The second-order valence-corrected chi connectivity index (χ2v) is 17.3. The Bertz CT molecular complexity index is 944. The lowest BCUT2D eigenvalue weighted by molar-refractivity contribution is -0.143. The van der Waals surface area contributed by atoms with Crippen molar-refractivity contribution in [2.75, 3.05) is 31.5 Å². The van der Waals surface area contributed by atoms with Crippen LogP contribution >= 0.6 is 10.0 Å². The number of unbranched alkanes of at least 4 members (excludes halogenated alkanes) is 2. The monoisotopic (exact) mass is 598 g/mol. The van der Waals surface area contributed by atoms with Crippen LogP contribution in [0.15, 0.2) is 54.5 Å². The zero-order chi connectivity index (χ0) is 30.4. The molecule has 0 atom stereocenters. The maximum Gasteiger partial charge on any atom is 0.330 e. The van der Waals surface area contributed by atoms with E-state index in [2.05, 4.69) is 56.9 Å². The number of ether oxygens (including phenoxy) is 2. The Kier molecular flexibility index (Phi) is 14.7. The van der Waals surface area contributed by atoms with Gasteiger partial charge in [-0.1, -0.05) is 70.7 Å². The summed E-state index contributed by atoms with van der Waals surface area (Å²) in [5, 5.41) is 0. The Morgan fingerprint density at radius 2 is 1.38 bits per heavy atom. The van der Waals surface area contributed by atoms with Crippen molar-refractivity contribution in [1.82, 2.24) is 0 Å². The highest BCUT2D eigenvalue weighted by molar-refractivity contribution is 8.32. The Morgan fingerprint density at radius 3 is 1.90 bits per heavy atom. The Labute approximate surface area is 258 Å². The van der Waals surface area contributed by atoms with Crippen LogP contribution in [0.3, 0.4) is 0 Å². The summed E-state index contributed by atoms with van der Waals surface area (Å²) < 4.78 is 10.5. The molecule has 2 saturated carbocycles. The normalized spacial score (nSPS) is 23.2. The van der Waals surface area contributed by atoms with Crippen LogP contribution in [-0.4, -0.2) is 43.4 Å². The van der Waals surface area contributed by atoms with E-state index >= 15 is 0 Å². The predicted octanol–water partition coefficient (Wildman–Crippen LogP) is 9.62. The van der Waals surface area contributed by atoms with Gasteiger partial charge in [-0.2, -0.15) is 0 Å². The molecule has 4 nitrogen and oxygen atoms in total. The summed E-state index contributed by atoms with van der Waals surface area (Å²) in [5.41, 5.74) is 1.53. The molecule has 0 unspecified atom stereocenters. The molecule has 42 heavy (non-hydrogen) atoms. The Hall–Kier alpha value is -2.01. The van der Waals surface area contributed by atoms with Gasteiger partial charge in [0.25, 0.3) is 0 Å². The highest BCUT2D eigenvalue weighted by Gasteiger charge is 2.31. The predicted molar refractivity (Wildman–Crippen MR) is 178 cm³/mol. The molecular formula is C37H58O4S. The van der Waals surface area contributed by atoms with Crippen molar-refractivity contribution in [3.8, 4) is 0 Å². The van der Waals surface area contributed by atoms with Gasteiger partial charge in [-0.15, -0.1) is 0 Å². The molecule has 2 aliphatic carbocycles. The molecule has 0 bridgehead atoms. The average molecular weight is 599 g/mol. The van der Waals surface area contributed by atoms with E-state index in [0.29, 0.717) is 0 Å². The SMILES string of the molecule is C=CC(=O)OCC(CCCS(C)(C)c1ccc(C2CCC(C3CCC(CCCCC)CC3)CC2)cc1)COC(=O)C=C. The standard InChI is InChI=1S/C37H58O4S/c1-6-9-10-12-29-14-16-31(17-15-29)32-18-20-33(21-19-32)34-22-24-35(25-23-34)42(4,5)26-11-13-30(27-40-36(38)7-2)28-41-37(39)8-3/h7-8,22-25,29-33H,2-3,6,9-21,26-28H2,1,4-5H3.